The lowest BCUT2D eigenvalue weighted by atomic mass is 10.2. The van der Waals surface area contributed by atoms with Gasteiger partial charge in [0.1, 0.15) is 12.1 Å². The Morgan fingerprint density at radius 3 is 3.09 bits per heavy atom. The third-order valence-electron chi connectivity index (χ3n) is 1.37. The second-order valence-corrected chi connectivity index (χ2v) is 2.08. The third kappa shape index (κ3) is 1.10. The van der Waals surface area contributed by atoms with Crippen molar-refractivity contribution in [2.45, 2.75) is 0 Å². The van der Waals surface area contributed by atoms with Gasteiger partial charge in [0.25, 0.3) is 0 Å². The lowest BCUT2D eigenvalue weighted by molar-refractivity contribution is 0.173. The van der Waals surface area contributed by atoms with Crippen molar-refractivity contribution in [3.05, 3.63) is 36.8 Å². The van der Waals surface area contributed by atoms with Crippen molar-refractivity contribution in [2.75, 3.05) is 0 Å². The highest BCUT2D eigenvalue weighted by Gasteiger charge is 2.01. The van der Waals surface area contributed by atoms with E-state index in [1.165, 1.54) is 0 Å². The first-order valence-corrected chi connectivity index (χ1v) is 3.24. The van der Waals surface area contributed by atoms with Gasteiger partial charge in [-0.15, -0.1) is 0 Å². The van der Waals surface area contributed by atoms with E-state index >= 15 is 0 Å². The van der Waals surface area contributed by atoms with Gasteiger partial charge in [-0.3, -0.25) is 0 Å². The van der Waals surface area contributed by atoms with E-state index in [4.69, 9.17) is 4.84 Å². The Bertz CT molecular complexity index is 287. The van der Waals surface area contributed by atoms with E-state index in [0.717, 1.165) is 11.4 Å². The van der Waals surface area contributed by atoms with Crippen LogP contribution in [0.25, 0.3) is 5.57 Å². The molecule has 0 amide bonds. The van der Waals surface area contributed by atoms with Gasteiger partial charge >= 0.3 is 0 Å². The van der Waals surface area contributed by atoms with Crippen molar-refractivity contribution < 1.29 is 4.84 Å². The molecule has 0 bridgehead atoms. The minimum absolute atomic E-state index is 0.831. The Labute approximate surface area is 63.6 Å². The zero-order valence-corrected chi connectivity index (χ0v) is 5.74. The molecule has 0 fully saturated rings. The van der Waals surface area contributed by atoms with Crippen LogP contribution in [0.15, 0.2) is 30.9 Å². The highest BCUT2D eigenvalue weighted by atomic mass is 16.6. The standard InChI is InChI=1S/C7H7N3O/c1-4-11-10-5-6(1)7-8-2-3-9-7/h1-5,10H,(H,8,9). The topological polar surface area (TPSA) is 49.9 Å². The Morgan fingerprint density at radius 2 is 2.45 bits per heavy atom. The Hall–Kier alpha value is -1.71. The molecule has 1 aromatic rings. The first-order valence-electron chi connectivity index (χ1n) is 3.24. The smallest absolute Gasteiger partial charge is 0.138 e. The average molecular weight is 149 g/mol. The molecule has 0 unspecified atom stereocenters. The summed E-state index contributed by atoms with van der Waals surface area (Å²) in [7, 11) is 0. The largest absolute Gasteiger partial charge is 0.391 e. The molecule has 0 saturated carbocycles. The van der Waals surface area contributed by atoms with Crippen LogP contribution in [0.4, 0.5) is 0 Å². The number of aromatic nitrogens is 2. The van der Waals surface area contributed by atoms with E-state index in [1.54, 1.807) is 24.9 Å². The van der Waals surface area contributed by atoms with Gasteiger partial charge in [0.2, 0.25) is 0 Å². The van der Waals surface area contributed by atoms with Gasteiger partial charge in [0.15, 0.2) is 0 Å². The van der Waals surface area contributed by atoms with E-state index in [2.05, 4.69) is 15.4 Å². The molecule has 0 radical (unpaired) electrons. The van der Waals surface area contributed by atoms with Crippen molar-refractivity contribution >= 4 is 5.57 Å². The highest BCUT2D eigenvalue weighted by molar-refractivity contribution is 5.69. The number of nitrogens with one attached hydrogen (secondary N) is 2. The molecule has 1 aromatic heterocycles. The molecular weight excluding hydrogens is 142 g/mol. The molecular formula is C7H7N3O. The molecule has 0 spiro atoms. The van der Waals surface area contributed by atoms with E-state index in [1.807, 2.05) is 6.08 Å². The SMILES string of the molecule is C1=CC(c2ncc[nH]2)=CNO1. The molecule has 11 heavy (non-hydrogen) atoms. The van der Waals surface area contributed by atoms with E-state index in [0.29, 0.717) is 0 Å². The molecule has 1 aliphatic rings. The van der Waals surface area contributed by atoms with Crippen LogP contribution in [0.1, 0.15) is 5.82 Å². The van der Waals surface area contributed by atoms with Crippen LogP contribution in [-0.4, -0.2) is 9.97 Å². The van der Waals surface area contributed by atoms with Crippen LogP contribution >= 0.6 is 0 Å². The van der Waals surface area contributed by atoms with Gasteiger partial charge in [-0.25, -0.2) is 10.5 Å². The van der Waals surface area contributed by atoms with Crippen LogP contribution in [-0.2, 0) is 4.84 Å². The van der Waals surface area contributed by atoms with E-state index < -0.39 is 0 Å². The lowest BCUT2D eigenvalue weighted by Gasteiger charge is -2.05. The fraction of sp³-hybridized carbons (Fsp3) is 0. The summed E-state index contributed by atoms with van der Waals surface area (Å²) >= 11 is 0. The first-order chi connectivity index (χ1) is 5.47. The maximum atomic E-state index is 4.75. The van der Waals surface area contributed by atoms with Crippen LogP contribution in [0.5, 0.6) is 0 Å². The monoisotopic (exact) mass is 149 g/mol. The van der Waals surface area contributed by atoms with Crippen LogP contribution in [0, 0.1) is 0 Å². The van der Waals surface area contributed by atoms with Crippen molar-refractivity contribution in [3.63, 3.8) is 0 Å². The van der Waals surface area contributed by atoms with Gasteiger partial charge in [-0.05, 0) is 6.08 Å². The number of hydroxylamine groups is 1. The van der Waals surface area contributed by atoms with Crippen LogP contribution < -0.4 is 5.48 Å². The summed E-state index contributed by atoms with van der Waals surface area (Å²) in [4.78, 5) is 11.8. The summed E-state index contributed by atoms with van der Waals surface area (Å²) in [6.07, 6.45) is 8.62. The fourth-order valence-corrected chi connectivity index (χ4v) is 0.863. The number of hydrogen-bond acceptors (Lipinski definition) is 3. The van der Waals surface area contributed by atoms with Gasteiger partial charge in [0.05, 0.1) is 0 Å². The number of allylic oxidation sites excluding steroid dienone is 2. The molecule has 4 nitrogen and oxygen atoms in total. The van der Waals surface area contributed by atoms with Crippen LogP contribution in [0.3, 0.4) is 0 Å². The second-order valence-electron chi connectivity index (χ2n) is 2.08. The Morgan fingerprint density at radius 1 is 1.45 bits per heavy atom. The first kappa shape index (κ1) is 6.03. The fourth-order valence-electron chi connectivity index (χ4n) is 0.863. The van der Waals surface area contributed by atoms with Gasteiger partial charge in [-0.1, -0.05) is 0 Å². The predicted octanol–water partition coefficient (Wildman–Crippen LogP) is 0.799. The molecule has 0 saturated heterocycles. The molecule has 2 rings (SSSR count). The zero-order valence-electron chi connectivity index (χ0n) is 5.74. The molecule has 4 heteroatoms. The number of nitrogens with zero attached hydrogens (tertiary/aromatic N) is 1. The molecule has 1 aliphatic heterocycles. The van der Waals surface area contributed by atoms with E-state index in [9.17, 15) is 0 Å². The molecule has 0 atom stereocenters. The minimum Gasteiger partial charge on any atom is -0.391 e. The summed E-state index contributed by atoms with van der Waals surface area (Å²) in [5, 5.41) is 0. The molecule has 2 heterocycles. The van der Waals surface area contributed by atoms with Gasteiger partial charge < -0.3 is 9.82 Å². The maximum absolute atomic E-state index is 4.75. The van der Waals surface area contributed by atoms with Crippen molar-refractivity contribution in [3.8, 4) is 0 Å². The number of imidazole rings is 1. The maximum Gasteiger partial charge on any atom is 0.138 e. The van der Waals surface area contributed by atoms with Crippen molar-refractivity contribution in [2.24, 2.45) is 0 Å². The summed E-state index contributed by atoms with van der Waals surface area (Å²) in [5.74, 6) is 0.831. The summed E-state index contributed by atoms with van der Waals surface area (Å²) < 4.78 is 0. The zero-order chi connectivity index (χ0) is 7.52. The van der Waals surface area contributed by atoms with Crippen LogP contribution in [0.2, 0.25) is 0 Å². The molecule has 2 N–H and O–H groups in total. The summed E-state index contributed by atoms with van der Waals surface area (Å²) in [5.41, 5.74) is 3.59. The molecule has 56 valence electrons. The highest BCUT2D eigenvalue weighted by Crippen LogP contribution is 2.11. The number of hydrogen-bond donors (Lipinski definition) is 2. The minimum atomic E-state index is 0.831. The quantitative estimate of drug-likeness (QED) is 0.621. The molecule has 0 aromatic carbocycles. The predicted molar refractivity (Wildman–Crippen MR) is 39.9 cm³/mol. The van der Waals surface area contributed by atoms with E-state index in [-0.39, 0.29) is 0 Å². The van der Waals surface area contributed by atoms with Crippen molar-refractivity contribution in [1.82, 2.24) is 15.4 Å². The third-order valence-corrected chi connectivity index (χ3v) is 1.37. The average Bonchev–Trinajstić information content (AvgIpc) is 2.58. The van der Waals surface area contributed by atoms with Crippen molar-refractivity contribution in [1.29, 1.82) is 0 Å². The normalized spacial score (nSPS) is 15.1. The number of aromatic amines is 1. The Balaban J connectivity index is 2.29. The Kier molecular flexibility index (Phi) is 1.37. The summed E-state index contributed by atoms with van der Waals surface area (Å²) in [6.45, 7) is 0. The van der Waals surface area contributed by atoms with Gasteiger partial charge in [0, 0.05) is 24.2 Å². The number of rotatable bonds is 1. The number of H-pyrrole nitrogens is 1. The van der Waals surface area contributed by atoms with Gasteiger partial charge in [-0.2, -0.15) is 0 Å². The lowest BCUT2D eigenvalue weighted by Crippen LogP contribution is -2.06. The molecule has 0 aliphatic carbocycles. The second kappa shape index (κ2) is 2.49. The summed E-state index contributed by atoms with van der Waals surface area (Å²) in [6, 6.07) is 0.